The van der Waals surface area contributed by atoms with Crippen LogP contribution in [-0.4, -0.2) is 96.7 Å². The molecule has 0 amide bonds. The predicted octanol–water partition coefficient (Wildman–Crippen LogP) is 22.3. The maximum Gasteiger partial charge on any atom is 0.472 e. The second-order valence-electron chi connectivity index (χ2n) is 28.3. The van der Waals surface area contributed by atoms with Crippen molar-refractivity contribution in [3.05, 3.63) is 0 Å². The fourth-order valence-electron chi connectivity index (χ4n) is 11.7. The molecule has 0 saturated heterocycles. The molecule has 564 valence electrons. The Morgan fingerprint density at radius 3 is 0.716 bits per heavy atom. The molecule has 0 bridgehead atoms. The van der Waals surface area contributed by atoms with E-state index < -0.39 is 97.5 Å². The van der Waals surface area contributed by atoms with E-state index in [1.807, 2.05) is 0 Å². The van der Waals surface area contributed by atoms with Gasteiger partial charge in [-0.25, -0.2) is 9.13 Å². The molecular weight excluding hydrogens is 1250 g/mol. The SMILES string of the molecule is CCCCCCCCCCCCCCCCCCCCCCCCC(=O)O[C@H](COC(=O)CCCCCCCCCCCC(C)C)COP(=O)(O)OC[C@@H](O)COP(=O)(O)OC[C@@H](COC(=O)CCCCCCCCCCC)OC(=O)CCCCCCCCCCCC(C)C. The molecule has 0 aromatic rings. The van der Waals surface area contributed by atoms with Crippen LogP contribution in [0.4, 0.5) is 0 Å². The first-order valence-corrected chi connectivity index (χ1v) is 42.5. The largest absolute Gasteiger partial charge is 0.472 e. The number of hydrogen-bond acceptors (Lipinski definition) is 15. The van der Waals surface area contributed by atoms with Gasteiger partial charge in [-0.15, -0.1) is 0 Å². The predicted molar refractivity (Wildman–Crippen MR) is 386 cm³/mol. The first-order valence-electron chi connectivity index (χ1n) is 39.5. The molecular formula is C76H148O17P2. The second kappa shape index (κ2) is 67.9. The van der Waals surface area contributed by atoms with Crippen LogP contribution in [0.5, 0.6) is 0 Å². The van der Waals surface area contributed by atoms with Crippen molar-refractivity contribution < 1.29 is 80.2 Å². The van der Waals surface area contributed by atoms with Gasteiger partial charge in [-0.3, -0.25) is 37.3 Å². The van der Waals surface area contributed by atoms with E-state index in [-0.39, 0.29) is 25.7 Å². The van der Waals surface area contributed by atoms with Gasteiger partial charge in [-0.1, -0.05) is 343 Å². The van der Waals surface area contributed by atoms with Crippen molar-refractivity contribution in [3.63, 3.8) is 0 Å². The van der Waals surface area contributed by atoms with Crippen molar-refractivity contribution in [1.29, 1.82) is 0 Å². The van der Waals surface area contributed by atoms with Gasteiger partial charge in [-0.2, -0.15) is 0 Å². The number of aliphatic hydroxyl groups is 1. The highest BCUT2D eigenvalue weighted by molar-refractivity contribution is 7.47. The Balaban J connectivity index is 5.16. The van der Waals surface area contributed by atoms with Gasteiger partial charge in [0.05, 0.1) is 26.4 Å². The minimum atomic E-state index is -4.96. The lowest BCUT2D eigenvalue weighted by atomic mass is 10.0. The van der Waals surface area contributed by atoms with Gasteiger partial charge in [0, 0.05) is 25.7 Å². The molecule has 0 aromatic heterocycles. The normalized spacial score (nSPS) is 14.0. The molecule has 19 heteroatoms. The summed E-state index contributed by atoms with van der Waals surface area (Å²) in [6, 6.07) is 0. The quantitative estimate of drug-likeness (QED) is 0.0222. The number of phosphoric acid groups is 2. The monoisotopic (exact) mass is 1400 g/mol. The minimum absolute atomic E-state index is 0.105. The van der Waals surface area contributed by atoms with Crippen LogP contribution in [0.25, 0.3) is 0 Å². The highest BCUT2D eigenvalue weighted by Crippen LogP contribution is 2.45. The number of carbonyl (C=O) groups is 4. The number of rotatable bonds is 75. The smallest absolute Gasteiger partial charge is 0.462 e. The van der Waals surface area contributed by atoms with Crippen molar-refractivity contribution in [2.45, 2.75) is 413 Å². The highest BCUT2D eigenvalue weighted by atomic mass is 31.2. The Labute approximate surface area is 581 Å². The summed E-state index contributed by atoms with van der Waals surface area (Å²) in [6.07, 6.45) is 55.7. The number of phosphoric ester groups is 2. The fourth-order valence-corrected chi connectivity index (χ4v) is 13.2. The standard InChI is InChI=1S/C76H148O17P2/c1-7-9-11-13-15-17-18-19-20-21-22-23-24-25-26-27-28-29-35-42-48-54-60-75(80)92-72(65-87-74(79)59-53-47-41-36-30-33-38-44-50-56-68(3)4)67-91-95(84,85)89-63-70(77)62-88-94(82,83)90-66-71(64-86-73(78)58-52-46-40-32-16-14-12-10-8-2)93-76(81)61-55-49-43-37-31-34-39-45-51-57-69(5)6/h68-72,77H,7-67H2,1-6H3,(H,82,83)(H,84,85)/t70-,71+,72+/m0/s1. The summed E-state index contributed by atoms with van der Waals surface area (Å²) in [5, 5.41) is 10.6. The minimum Gasteiger partial charge on any atom is -0.462 e. The number of hydrogen-bond donors (Lipinski definition) is 3. The van der Waals surface area contributed by atoms with Crippen LogP contribution in [0.1, 0.15) is 395 Å². The molecule has 5 atom stereocenters. The van der Waals surface area contributed by atoms with E-state index >= 15 is 0 Å². The van der Waals surface area contributed by atoms with E-state index in [1.165, 1.54) is 212 Å². The van der Waals surface area contributed by atoms with Crippen molar-refractivity contribution in [3.8, 4) is 0 Å². The molecule has 0 aliphatic carbocycles. The van der Waals surface area contributed by atoms with Gasteiger partial charge in [0.1, 0.15) is 19.3 Å². The Kier molecular flexibility index (Phi) is 66.5. The summed E-state index contributed by atoms with van der Waals surface area (Å²) in [6.45, 7) is 9.53. The van der Waals surface area contributed by atoms with Crippen LogP contribution in [-0.2, 0) is 65.4 Å². The zero-order chi connectivity index (χ0) is 70.0. The van der Waals surface area contributed by atoms with E-state index in [0.717, 1.165) is 102 Å². The topological polar surface area (TPSA) is 237 Å². The zero-order valence-electron chi connectivity index (χ0n) is 62.0. The van der Waals surface area contributed by atoms with Crippen LogP contribution in [0, 0.1) is 11.8 Å². The van der Waals surface area contributed by atoms with Crippen LogP contribution in [0.2, 0.25) is 0 Å². The summed E-state index contributed by atoms with van der Waals surface area (Å²) in [5.74, 6) is -0.640. The molecule has 0 aromatic carbocycles. The van der Waals surface area contributed by atoms with E-state index in [9.17, 15) is 43.2 Å². The van der Waals surface area contributed by atoms with E-state index in [0.29, 0.717) is 25.7 Å². The summed E-state index contributed by atoms with van der Waals surface area (Å²) in [4.78, 5) is 72.7. The number of unbranched alkanes of at least 4 members (excludes halogenated alkanes) is 45. The fraction of sp³-hybridized carbons (Fsp3) is 0.947. The second-order valence-corrected chi connectivity index (χ2v) is 31.3. The van der Waals surface area contributed by atoms with Gasteiger partial charge >= 0.3 is 39.5 Å². The van der Waals surface area contributed by atoms with Gasteiger partial charge in [0.25, 0.3) is 0 Å². The number of carbonyl (C=O) groups excluding carboxylic acids is 4. The molecule has 95 heavy (non-hydrogen) atoms. The molecule has 3 N–H and O–H groups in total. The lowest BCUT2D eigenvalue weighted by molar-refractivity contribution is -0.161. The average molecular weight is 1400 g/mol. The first-order chi connectivity index (χ1) is 45.9. The Bertz CT molecular complexity index is 1840. The van der Waals surface area contributed by atoms with Crippen molar-refractivity contribution >= 4 is 39.5 Å². The molecule has 0 spiro atoms. The van der Waals surface area contributed by atoms with Crippen LogP contribution >= 0.6 is 15.6 Å². The van der Waals surface area contributed by atoms with Gasteiger partial charge < -0.3 is 33.8 Å². The third-order valence-corrected chi connectivity index (χ3v) is 19.6. The third-order valence-electron chi connectivity index (χ3n) is 17.7. The van der Waals surface area contributed by atoms with Gasteiger partial charge in [0.15, 0.2) is 12.2 Å². The van der Waals surface area contributed by atoms with Crippen LogP contribution < -0.4 is 0 Å². The van der Waals surface area contributed by atoms with Crippen LogP contribution in [0.15, 0.2) is 0 Å². The average Bonchev–Trinajstić information content (AvgIpc) is 1.91. The molecule has 0 saturated carbocycles. The molecule has 0 aliphatic heterocycles. The molecule has 0 aliphatic rings. The number of aliphatic hydroxyl groups excluding tert-OH is 1. The molecule has 17 nitrogen and oxygen atoms in total. The first kappa shape index (κ1) is 93.1. The highest BCUT2D eigenvalue weighted by Gasteiger charge is 2.30. The van der Waals surface area contributed by atoms with Gasteiger partial charge in [0.2, 0.25) is 0 Å². The Morgan fingerprint density at radius 1 is 0.284 bits per heavy atom. The summed E-state index contributed by atoms with van der Waals surface area (Å²) >= 11 is 0. The summed E-state index contributed by atoms with van der Waals surface area (Å²) in [7, 11) is -9.91. The van der Waals surface area contributed by atoms with Crippen LogP contribution in [0.3, 0.4) is 0 Å². The number of esters is 4. The van der Waals surface area contributed by atoms with Crippen molar-refractivity contribution in [2.24, 2.45) is 11.8 Å². The van der Waals surface area contributed by atoms with E-state index in [2.05, 4.69) is 41.5 Å². The number of ether oxygens (including phenoxy) is 4. The molecule has 2 unspecified atom stereocenters. The Morgan fingerprint density at radius 2 is 0.484 bits per heavy atom. The summed E-state index contributed by atoms with van der Waals surface area (Å²) < 4.78 is 68.4. The van der Waals surface area contributed by atoms with E-state index in [1.54, 1.807) is 0 Å². The molecule has 0 heterocycles. The van der Waals surface area contributed by atoms with E-state index in [4.69, 9.17) is 37.0 Å². The summed E-state index contributed by atoms with van der Waals surface area (Å²) in [5.41, 5.74) is 0. The lowest BCUT2D eigenvalue weighted by Crippen LogP contribution is -2.30. The lowest BCUT2D eigenvalue weighted by Gasteiger charge is -2.21. The maximum atomic E-state index is 13.1. The maximum absolute atomic E-state index is 13.1. The zero-order valence-corrected chi connectivity index (χ0v) is 63.8. The van der Waals surface area contributed by atoms with Gasteiger partial charge in [-0.05, 0) is 37.5 Å². The molecule has 0 rings (SSSR count). The molecule has 0 fully saturated rings. The van der Waals surface area contributed by atoms with Crippen molar-refractivity contribution in [2.75, 3.05) is 39.6 Å². The van der Waals surface area contributed by atoms with Crippen molar-refractivity contribution in [1.82, 2.24) is 0 Å². The molecule has 0 radical (unpaired) electrons. The third kappa shape index (κ3) is 70.3. The Hall–Kier alpha value is -1.94.